The van der Waals surface area contributed by atoms with Crippen LogP contribution in [-0.4, -0.2) is 41.9 Å². The van der Waals surface area contributed by atoms with E-state index in [-0.39, 0.29) is 23.9 Å². The Labute approximate surface area is 103 Å². The zero-order valence-electron chi connectivity index (χ0n) is 10.7. The van der Waals surface area contributed by atoms with Gasteiger partial charge in [0.05, 0.1) is 6.04 Å². The maximum Gasteiger partial charge on any atom is 0.239 e. The number of piperidine rings is 1. The Kier molecular flexibility index (Phi) is 5.41. The van der Waals surface area contributed by atoms with Crippen LogP contribution in [0, 0.1) is 0 Å². The van der Waals surface area contributed by atoms with Crippen molar-refractivity contribution in [3.05, 3.63) is 0 Å². The summed E-state index contributed by atoms with van der Waals surface area (Å²) in [5.74, 6) is 0.0468. The molecule has 0 radical (unpaired) electrons. The molecule has 0 saturated carbocycles. The van der Waals surface area contributed by atoms with Crippen molar-refractivity contribution in [3.63, 3.8) is 0 Å². The van der Waals surface area contributed by atoms with Gasteiger partial charge in [0.1, 0.15) is 0 Å². The van der Waals surface area contributed by atoms with Crippen LogP contribution in [0.4, 0.5) is 0 Å². The number of carbonyl (C=O) groups excluding carboxylic acids is 2. The molecule has 0 bridgehead atoms. The molecule has 5 nitrogen and oxygen atoms in total. The van der Waals surface area contributed by atoms with Crippen LogP contribution in [0.2, 0.25) is 0 Å². The monoisotopic (exact) mass is 241 g/mol. The molecular formula is C12H23N3O2. The minimum absolute atomic E-state index is 0.00235. The van der Waals surface area contributed by atoms with Crippen molar-refractivity contribution < 1.29 is 9.59 Å². The Morgan fingerprint density at radius 1 is 1.41 bits per heavy atom. The number of hydrogen-bond acceptors (Lipinski definition) is 3. The summed E-state index contributed by atoms with van der Waals surface area (Å²) in [5.41, 5.74) is 5.81. The van der Waals surface area contributed by atoms with E-state index in [0.717, 1.165) is 25.7 Å². The van der Waals surface area contributed by atoms with Gasteiger partial charge in [0.25, 0.3) is 0 Å². The first-order valence-electron chi connectivity index (χ1n) is 6.36. The highest BCUT2D eigenvalue weighted by atomic mass is 16.2. The second-order valence-electron chi connectivity index (χ2n) is 4.70. The summed E-state index contributed by atoms with van der Waals surface area (Å²) in [6.07, 6.45) is 3.31. The summed E-state index contributed by atoms with van der Waals surface area (Å²) in [7, 11) is 0. The van der Waals surface area contributed by atoms with Crippen LogP contribution in [0.3, 0.4) is 0 Å². The van der Waals surface area contributed by atoms with E-state index in [2.05, 4.69) is 5.32 Å². The van der Waals surface area contributed by atoms with E-state index >= 15 is 0 Å². The standard InChI is InChI=1S/C12H23N3O2/c1-3-4-11(13)12(17)15-7-5-10(6-8-15)14-9(2)16/h10-11H,3-8,13H2,1-2H3,(H,14,16). The van der Waals surface area contributed by atoms with Gasteiger partial charge in [-0.2, -0.15) is 0 Å². The predicted octanol–water partition coefficient (Wildman–Crippen LogP) is 0.241. The molecule has 1 atom stereocenters. The summed E-state index contributed by atoms with van der Waals surface area (Å²) in [6, 6.07) is -0.156. The van der Waals surface area contributed by atoms with Crippen molar-refractivity contribution in [1.82, 2.24) is 10.2 Å². The molecule has 1 fully saturated rings. The number of nitrogens with zero attached hydrogens (tertiary/aromatic N) is 1. The summed E-state index contributed by atoms with van der Waals surface area (Å²) in [4.78, 5) is 24.7. The molecule has 3 N–H and O–H groups in total. The first kappa shape index (κ1) is 14.0. The fraction of sp³-hybridized carbons (Fsp3) is 0.833. The van der Waals surface area contributed by atoms with Crippen LogP contribution in [0.5, 0.6) is 0 Å². The van der Waals surface area contributed by atoms with Crippen molar-refractivity contribution in [3.8, 4) is 0 Å². The van der Waals surface area contributed by atoms with Crippen LogP contribution < -0.4 is 11.1 Å². The molecule has 5 heteroatoms. The molecule has 1 aliphatic rings. The van der Waals surface area contributed by atoms with E-state index in [1.807, 2.05) is 11.8 Å². The van der Waals surface area contributed by atoms with E-state index < -0.39 is 0 Å². The fourth-order valence-corrected chi connectivity index (χ4v) is 2.20. The minimum atomic E-state index is -0.364. The van der Waals surface area contributed by atoms with E-state index in [9.17, 15) is 9.59 Å². The normalized spacial score (nSPS) is 18.9. The van der Waals surface area contributed by atoms with Gasteiger partial charge in [-0.1, -0.05) is 13.3 Å². The number of rotatable bonds is 4. The molecule has 0 spiro atoms. The maximum atomic E-state index is 11.9. The lowest BCUT2D eigenvalue weighted by molar-refractivity contribution is -0.133. The van der Waals surface area contributed by atoms with E-state index in [1.54, 1.807) is 0 Å². The number of carbonyl (C=O) groups is 2. The largest absolute Gasteiger partial charge is 0.353 e. The molecule has 1 aliphatic heterocycles. The SMILES string of the molecule is CCCC(N)C(=O)N1CCC(NC(C)=O)CC1. The minimum Gasteiger partial charge on any atom is -0.353 e. The molecule has 1 unspecified atom stereocenters. The van der Waals surface area contributed by atoms with E-state index in [4.69, 9.17) is 5.73 Å². The van der Waals surface area contributed by atoms with Gasteiger partial charge in [-0.05, 0) is 19.3 Å². The highest BCUT2D eigenvalue weighted by Crippen LogP contribution is 2.12. The van der Waals surface area contributed by atoms with Crippen LogP contribution in [0.1, 0.15) is 39.5 Å². The van der Waals surface area contributed by atoms with Gasteiger partial charge in [-0.3, -0.25) is 9.59 Å². The van der Waals surface area contributed by atoms with Gasteiger partial charge >= 0.3 is 0 Å². The number of amides is 2. The van der Waals surface area contributed by atoms with Crippen LogP contribution >= 0.6 is 0 Å². The third kappa shape index (κ3) is 4.34. The Morgan fingerprint density at radius 3 is 2.47 bits per heavy atom. The number of hydrogen-bond donors (Lipinski definition) is 2. The zero-order valence-corrected chi connectivity index (χ0v) is 10.7. The second kappa shape index (κ2) is 6.59. The molecule has 0 aromatic heterocycles. The van der Waals surface area contributed by atoms with Crippen molar-refractivity contribution >= 4 is 11.8 Å². The molecule has 1 rings (SSSR count). The molecule has 0 aromatic rings. The van der Waals surface area contributed by atoms with Gasteiger partial charge in [0.2, 0.25) is 11.8 Å². The van der Waals surface area contributed by atoms with Crippen molar-refractivity contribution in [2.45, 2.75) is 51.6 Å². The third-order valence-corrected chi connectivity index (χ3v) is 3.13. The Hall–Kier alpha value is -1.10. The molecule has 1 heterocycles. The molecule has 98 valence electrons. The van der Waals surface area contributed by atoms with Crippen LogP contribution in [0.15, 0.2) is 0 Å². The number of nitrogens with two attached hydrogens (primary N) is 1. The lowest BCUT2D eigenvalue weighted by atomic mass is 10.0. The summed E-state index contributed by atoms with van der Waals surface area (Å²) < 4.78 is 0. The number of nitrogens with one attached hydrogen (secondary N) is 1. The average molecular weight is 241 g/mol. The van der Waals surface area contributed by atoms with Gasteiger partial charge in [-0.15, -0.1) is 0 Å². The summed E-state index contributed by atoms with van der Waals surface area (Å²) >= 11 is 0. The quantitative estimate of drug-likeness (QED) is 0.740. The first-order valence-corrected chi connectivity index (χ1v) is 6.36. The Balaban J connectivity index is 2.35. The lowest BCUT2D eigenvalue weighted by Gasteiger charge is -2.33. The van der Waals surface area contributed by atoms with Crippen molar-refractivity contribution in [2.24, 2.45) is 5.73 Å². The van der Waals surface area contributed by atoms with Gasteiger partial charge in [0, 0.05) is 26.1 Å². The topological polar surface area (TPSA) is 75.4 Å². The second-order valence-corrected chi connectivity index (χ2v) is 4.70. The maximum absolute atomic E-state index is 11.9. The van der Waals surface area contributed by atoms with Gasteiger partial charge < -0.3 is 16.0 Å². The molecule has 0 aromatic carbocycles. The highest BCUT2D eigenvalue weighted by molar-refractivity contribution is 5.81. The Bertz CT molecular complexity index is 273. The summed E-state index contributed by atoms with van der Waals surface area (Å²) in [5, 5.41) is 2.89. The fourth-order valence-electron chi connectivity index (χ4n) is 2.20. The smallest absolute Gasteiger partial charge is 0.239 e. The molecular weight excluding hydrogens is 218 g/mol. The van der Waals surface area contributed by atoms with Crippen molar-refractivity contribution in [2.75, 3.05) is 13.1 Å². The van der Waals surface area contributed by atoms with Gasteiger partial charge in [-0.25, -0.2) is 0 Å². The molecule has 1 saturated heterocycles. The number of likely N-dealkylation sites (tertiary alicyclic amines) is 1. The first-order chi connectivity index (χ1) is 8.04. The van der Waals surface area contributed by atoms with Gasteiger partial charge in [0.15, 0.2) is 0 Å². The molecule has 17 heavy (non-hydrogen) atoms. The summed E-state index contributed by atoms with van der Waals surface area (Å²) in [6.45, 7) is 4.94. The van der Waals surface area contributed by atoms with E-state index in [0.29, 0.717) is 13.1 Å². The third-order valence-electron chi connectivity index (χ3n) is 3.13. The average Bonchev–Trinajstić information content (AvgIpc) is 2.28. The van der Waals surface area contributed by atoms with Crippen LogP contribution in [0.25, 0.3) is 0 Å². The van der Waals surface area contributed by atoms with Crippen LogP contribution in [-0.2, 0) is 9.59 Å². The highest BCUT2D eigenvalue weighted by Gasteiger charge is 2.25. The predicted molar refractivity (Wildman–Crippen MR) is 66.3 cm³/mol. The molecule has 0 aliphatic carbocycles. The Morgan fingerprint density at radius 2 is 2.00 bits per heavy atom. The molecule has 2 amide bonds. The van der Waals surface area contributed by atoms with Crippen molar-refractivity contribution in [1.29, 1.82) is 0 Å². The zero-order chi connectivity index (χ0) is 12.8. The lowest BCUT2D eigenvalue weighted by Crippen LogP contribution is -2.50. The van der Waals surface area contributed by atoms with E-state index in [1.165, 1.54) is 6.92 Å².